The van der Waals surface area contributed by atoms with Gasteiger partial charge < -0.3 is 10.2 Å². The molecule has 0 spiro atoms. The lowest BCUT2D eigenvalue weighted by molar-refractivity contribution is -0.126. The molecule has 0 aliphatic carbocycles. The van der Waals surface area contributed by atoms with Crippen molar-refractivity contribution >= 4 is 17.5 Å². The van der Waals surface area contributed by atoms with Crippen LogP contribution in [0.1, 0.15) is 29.9 Å². The Bertz CT molecular complexity index is 1000. The SMILES string of the molecule is O=C(NCCC(c1ccccc1)c1ccccc1)[C@H]1CC(=O)N(c2ccccc2F)C1. The first-order chi connectivity index (χ1) is 15.1. The molecule has 0 saturated carbocycles. The van der Waals surface area contributed by atoms with Crippen LogP contribution in [0.25, 0.3) is 0 Å². The number of hydrogen-bond acceptors (Lipinski definition) is 2. The van der Waals surface area contributed by atoms with Crippen molar-refractivity contribution in [3.63, 3.8) is 0 Å². The summed E-state index contributed by atoms with van der Waals surface area (Å²) in [4.78, 5) is 26.5. The van der Waals surface area contributed by atoms with Crippen molar-refractivity contribution in [2.45, 2.75) is 18.8 Å². The number of carbonyl (C=O) groups excluding carboxylic acids is 2. The van der Waals surface area contributed by atoms with E-state index in [9.17, 15) is 14.0 Å². The van der Waals surface area contributed by atoms with Crippen LogP contribution in [-0.2, 0) is 9.59 Å². The number of halogens is 1. The molecule has 31 heavy (non-hydrogen) atoms. The summed E-state index contributed by atoms with van der Waals surface area (Å²) in [6, 6.07) is 26.6. The van der Waals surface area contributed by atoms with Gasteiger partial charge in [-0.25, -0.2) is 4.39 Å². The van der Waals surface area contributed by atoms with E-state index in [0.717, 1.165) is 6.42 Å². The van der Waals surface area contributed by atoms with Gasteiger partial charge in [-0.15, -0.1) is 0 Å². The van der Waals surface area contributed by atoms with Gasteiger partial charge in [0.05, 0.1) is 11.6 Å². The predicted octanol–water partition coefficient (Wildman–Crippen LogP) is 4.52. The van der Waals surface area contributed by atoms with E-state index in [1.165, 1.54) is 22.1 Å². The minimum absolute atomic E-state index is 0.0982. The zero-order valence-corrected chi connectivity index (χ0v) is 17.2. The van der Waals surface area contributed by atoms with E-state index >= 15 is 0 Å². The van der Waals surface area contributed by atoms with E-state index < -0.39 is 11.7 Å². The Morgan fingerprint density at radius 3 is 2.13 bits per heavy atom. The molecule has 1 aliphatic heterocycles. The molecule has 5 heteroatoms. The van der Waals surface area contributed by atoms with Crippen molar-refractivity contribution in [3.8, 4) is 0 Å². The maximum atomic E-state index is 14.1. The monoisotopic (exact) mass is 416 g/mol. The van der Waals surface area contributed by atoms with Crippen molar-refractivity contribution in [2.75, 3.05) is 18.0 Å². The molecule has 1 fully saturated rings. The largest absolute Gasteiger partial charge is 0.356 e. The summed E-state index contributed by atoms with van der Waals surface area (Å²) in [6.07, 6.45) is 0.846. The van der Waals surface area contributed by atoms with Crippen LogP contribution in [0.15, 0.2) is 84.9 Å². The predicted molar refractivity (Wildman–Crippen MR) is 119 cm³/mol. The fraction of sp³-hybridized carbons (Fsp3) is 0.231. The first kappa shape index (κ1) is 20.8. The van der Waals surface area contributed by atoms with Gasteiger partial charge >= 0.3 is 0 Å². The van der Waals surface area contributed by atoms with Gasteiger partial charge in [0.1, 0.15) is 5.82 Å². The molecule has 1 N–H and O–H groups in total. The van der Waals surface area contributed by atoms with Crippen molar-refractivity contribution in [1.82, 2.24) is 5.32 Å². The molecule has 4 nitrogen and oxygen atoms in total. The fourth-order valence-electron chi connectivity index (χ4n) is 4.17. The van der Waals surface area contributed by atoms with Crippen LogP contribution < -0.4 is 10.2 Å². The molecular weight excluding hydrogens is 391 g/mol. The van der Waals surface area contributed by atoms with Crippen molar-refractivity contribution in [2.24, 2.45) is 5.92 Å². The van der Waals surface area contributed by atoms with Gasteiger partial charge in [-0.05, 0) is 29.7 Å². The topological polar surface area (TPSA) is 49.4 Å². The second-order valence-corrected chi connectivity index (χ2v) is 7.81. The highest BCUT2D eigenvalue weighted by Gasteiger charge is 2.36. The summed E-state index contributed by atoms with van der Waals surface area (Å²) in [6.45, 7) is 0.698. The van der Waals surface area contributed by atoms with Gasteiger partial charge in [-0.1, -0.05) is 72.8 Å². The Morgan fingerprint density at radius 1 is 0.935 bits per heavy atom. The van der Waals surface area contributed by atoms with Crippen LogP contribution >= 0.6 is 0 Å². The number of anilines is 1. The van der Waals surface area contributed by atoms with E-state index in [-0.39, 0.29) is 36.4 Å². The minimum Gasteiger partial charge on any atom is -0.356 e. The Kier molecular flexibility index (Phi) is 6.41. The number of nitrogens with one attached hydrogen (secondary N) is 1. The number of para-hydroxylation sites is 1. The lowest BCUT2D eigenvalue weighted by Gasteiger charge is -2.19. The van der Waals surface area contributed by atoms with Crippen LogP contribution in [-0.4, -0.2) is 24.9 Å². The van der Waals surface area contributed by atoms with Crippen molar-refractivity contribution in [1.29, 1.82) is 0 Å². The zero-order valence-electron chi connectivity index (χ0n) is 17.2. The minimum atomic E-state index is -0.473. The van der Waals surface area contributed by atoms with E-state index in [1.807, 2.05) is 36.4 Å². The summed E-state index contributed by atoms with van der Waals surface area (Å²) >= 11 is 0. The van der Waals surface area contributed by atoms with E-state index in [2.05, 4.69) is 29.6 Å². The average molecular weight is 416 g/mol. The van der Waals surface area contributed by atoms with Gasteiger partial charge in [0.25, 0.3) is 0 Å². The molecule has 158 valence electrons. The lowest BCUT2D eigenvalue weighted by Crippen LogP contribution is -2.34. The third kappa shape index (κ3) is 4.82. The van der Waals surface area contributed by atoms with Crippen LogP contribution in [0.2, 0.25) is 0 Å². The highest BCUT2D eigenvalue weighted by atomic mass is 19.1. The molecule has 0 radical (unpaired) electrons. The molecule has 0 unspecified atom stereocenters. The molecule has 1 heterocycles. The molecule has 1 aliphatic rings. The Labute approximate surface area is 181 Å². The Balaban J connectivity index is 1.38. The quantitative estimate of drug-likeness (QED) is 0.616. The highest BCUT2D eigenvalue weighted by Crippen LogP contribution is 2.29. The molecule has 0 aromatic heterocycles. The van der Waals surface area contributed by atoms with E-state index in [1.54, 1.807) is 18.2 Å². The van der Waals surface area contributed by atoms with Crippen molar-refractivity contribution in [3.05, 3.63) is 102 Å². The van der Waals surface area contributed by atoms with Crippen LogP contribution in [0.5, 0.6) is 0 Å². The molecule has 4 rings (SSSR count). The normalized spacial score (nSPS) is 16.0. The second-order valence-electron chi connectivity index (χ2n) is 7.81. The molecule has 1 saturated heterocycles. The summed E-state index contributed by atoms with van der Waals surface area (Å²) in [5.41, 5.74) is 2.63. The molecule has 0 bridgehead atoms. The Morgan fingerprint density at radius 2 is 1.52 bits per heavy atom. The highest BCUT2D eigenvalue weighted by molar-refractivity contribution is 6.00. The fourth-order valence-corrected chi connectivity index (χ4v) is 4.17. The third-order valence-corrected chi connectivity index (χ3v) is 5.78. The van der Waals surface area contributed by atoms with Crippen LogP contribution in [0.4, 0.5) is 10.1 Å². The summed E-state index contributed by atoms with van der Waals surface area (Å²) in [5.74, 6) is -1.14. The number of nitrogens with zero attached hydrogens (tertiary/aromatic N) is 1. The van der Waals surface area contributed by atoms with Gasteiger partial charge in [0.2, 0.25) is 11.8 Å². The number of hydrogen-bond donors (Lipinski definition) is 1. The lowest BCUT2D eigenvalue weighted by atomic mass is 9.88. The van der Waals surface area contributed by atoms with Gasteiger partial charge in [0, 0.05) is 25.4 Å². The van der Waals surface area contributed by atoms with E-state index in [0.29, 0.717) is 6.54 Å². The first-order valence-electron chi connectivity index (χ1n) is 10.6. The van der Waals surface area contributed by atoms with Crippen LogP contribution in [0, 0.1) is 11.7 Å². The van der Waals surface area contributed by atoms with Crippen molar-refractivity contribution < 1.29 is 14.0 Å². The molecule has 2 amide bonds. The van der Waals surface area contributed by atoms with Crippen LogP contribution in [0.3, 0.4) is 0 Å². The molecule has 1 atom stereocenters. The standard InChI is InChI=1S/C26H25FN2O2/c27-23-13-7-8-14-24(23)29-18-21(17-25(29)30)26(31)28-16-15-22(19-9-3-1-4-10-19)20-11-5-2-6-12-20/h1-14,21-22H,15-18H2,(H,28,31)/t21-/m0/s1. The number of amides is 2. The zero-order chi connectivity index (χ0) is 21.6. The van der Waals surface area contributed by atoms with Gasteiger partial charge in [-0.3, -0.25) is 9.59 Å². The first-order valence-corrected chi connectivity index (χ1v) is 10.6. The maximum Gasteiger partial charge on any atom is 0.227 e. The number of benzene rings is 3. The molecule has 3 aromatic carbocycles. The second kappa shape index (κ2) is 9.56. The smallest absolute Gasteiger partial charge is 0.227 e. The Hall–Kier alpha value is -3.47. The average Bonchev–Trinajstić information content (AvgIpc) is 3.19. The molecular formula is C26H25FN2O2. The van der Waals surface area contributed by atoms with Gasteiger partial charge in [-0.2, -0.15) is 0 Å². The van der Waals surface area contributed by atoms with E-state index in [4.69, 9.17) is 0 Å². The summed E-state index contributed by atoms with van der Waals surface area (Å²) in [5, 5.41) is 2.99. The maximum absolute atomic E-state index is 14.1. The summed E-state index contributed by atoms with van der Waals surface area (Å²) < 4.78 is 14.1. The third-order valence-electron chi connectivity index (χ3n) is 5.78. The van der Waals surface area contributed by atoms with Gasteiger partial charge in [0.15, 0.2) is 0 Å². The number of rotatable bonds is 7. The summed E-state index contributed by atoms with van der Waals surface area (Å²) in [7, 11) is 0. The molecule has 3 aromatic rings. The number of carbonyl (C=O) groups is 2.